The molecule has 17 heavy (non-hydrogen) atoms. The van der Waals surface area contributed by atoms with Gasteiger partial charge in [-0.05, 0) is 44.6 Å². The molecule has 0 amide bonds. The van der Waals surface area contributed by atoms with Crippen LogP contribution in [-0.4, -0.2) is 39.0 Å². The Kier molecular flexibility index (Phi) is 6.45. The molecule has 102 valence electrons. The first kappa shape index (κ1) is 14.9. The molecule has 0 saturated heterocycles. The number of hydrogen-bond acceptors (Lipinski definition) is 3. The van der Waals surface area contributed by atoms with Crippen LogP contribution in [-0.2, 0) is 9.47 Å². The number of rotatable bonds is 7. The van der Waals surface area contributed by atoms with Crippen molar-refractivity contribution in [3.05, 3.63) is 0 Å². The van der Waals surface area contributed by atoms with E-state index in [2.05, 4.69) is 19.2 Å². The second kappa shape index (κ2) is 7.34. The Balaban J connectivity index is 2.65. The molecule has 1 rings (SSSR count). The van der Waals surface area contributed by atoms with Gasteiger partial charge in [0, 0.05) is 14.2 Å². The Morgan fingerprint density at radius 2 is 1.94 bits per heavy atom. The van der Waals surface area contributed by atoms with Crippen LogP contribution in [0.1, 0.15) is 46.0 Å². The summed E-state index contributed by atoms with van der Waals surface area (Å²) in [6, 6.07) is 0.324. The van der Waals surface area contributed by atoms with Crippen LogP contribution in [0.25, 0.3) is 0 Å². The van der Waals surface area contributed by atoms with Gasteiger partial charge in [-0.25, -0.2) is 0 Å². The summed E-state index contributed by atoms with van der Waals surface area (Å²) < 4.78 is 11.3. The van der Waals surface area contributed by atoms with Gasteiger partial charge in [0.15, 0.2) is 0 Å². The van der Waals surface area contributed by atoms with Crippen molar-refractivity contribution < 1.29 is 9.47 Å². The zero-order chi connectivity index (χ0) is 12.7. The fourth-order valence-corrected chi connectivity index (χ4v) is 2.83. The Bertz CT molecular complexity index is 200. The van der Waals surface area contributed by atoms with Crippen LogP contribution in [0.4, 0.5) is 0 Å². The molecule has 0 heterocycles. The van der Waals surface area contributed by atoms with Crippen LogP contribution in [0.5, 0.6) is 0 Å². The standard InChI is InChI=1S/C14H29NO2/c1-5-10-15-13(11-16-3)14(17-4)8-6-12(2)7-9-14/h12-13,15H,5-11H2,1-4H3. The number of ether oxygens (including phenoxy) is 2. The topological polar surface area (TPSA) is 30.5 Å². The second-order valence-corrected chi connectivity index (χ2v) is 5.41. The van der Waals surface area contributed by atoms with E-state index in [-0.39, 0.29) is 5.60 Å². The molecule has 0 aromatic rings. The maximum Gasteiger partial charge on any atom is 0.0853 e. The molecule has 0 aromatic heterocycles. The van der Waals surface area contributed by atoms with E-state index in [1.165, 1.54) is 12.8 Å². The van der Waals surface area contributed by atoms with Crippen LogP contribution >= 0.6 is 0 Å². The summed E-state index contributed by atoms with van der Waals surface area (Å²) in [6.45, 7) is 6.31. The third-order valence-corrected chi connectivity index (χ3v) is 4.14. The van der Waals surface area contributed by atoms with E-state index >= 15 is 0 Å². The third-order valence-electron chi connectivity index (χ3n) is 4.14. The number of hydrogen-bond donors (Lipinski definition) is 1. The molecular weight excluding hydrogens is 214 g/mol. The maximum atomic E-state index is 5.90. The summed E-state index contributed by atoms with van der Waals surface area (Å²) in [4.78, 5) is 0. The summed E-state index contributed by atoms with van der Waals surface area (Å²) in [6.07, 6.45) is 5.98. The van der Waals surface area contributed by atoms with Gasteiger partial charge in [0.05, 0.1) is 18.2 Å². The van der Waals surface area contributed by atoms with Crippen molar-refractivity contribution in [3.63, 3.8) is 0 Å². The van der Waals surface area contributed by atoms with Crippen molar-refractivity contribution in [3.8, 4) is 0 Å². The average molecular weight is 243 g/mol. The maximum absolute atomic E-state index is 5.90. The van der Waals surface area contributed by atoms with Crippen LogP contribution in [0.3, 0.4) is 0 Å². The predicted molar refractivity (Wildman–Crippen MR) is 71.3 cm³/mol. The van der Waals surface area contributed by atoms with Gasteiger partial charge in [-0.3, -0.25) is 0 Å². The fraction of sp³-hybridized carbons (Fsp3) is 1.00. The van der Waals surface area contributed by atoms with E-state index in [0.29, 0.717) is 6.04 Å². The summed E-state index contributed by atoms with van der Waals surface area (Å²) in [7, 11) is 3.63. The molecule has 0 radical (unpaired) electrons. The van der Waals surface area contributed by atoms with Crippen molar-refractivity contribution in [2.75, 3.05) is 27.4 Å². The van der Waals surface area contributed by atoms with Gasteiger partial charge in [0.25, 0.3) is 0 Å². The van der Waals surface area contributed by atoms with Crippen LogP contribution in [0, 0.1) is 5.92 Å². The lowest BCUT2D eigenvalue weighted by atomic mass is 9.75. The first-order valence-electron chi connectivity index (χ1n) is 6.96. The molecular formula is C14H29NO2. The van der Waals surface area contributed by atoms with Gasteiger partial charge >= 0.3 is 0 Å². The normalized spacial score (nSPS) is 31.4. The Morgan fingerprint density at radius 3 is 2.41 bits per heavy atom. The lowest BCUT2D eigenvalue weighted by Gasteiger charge is -2.44. The smallest absolute Gasteiger partial charge is 0.0853 e. The van der Waals surface area contributed by atoms with Gasteiger partial charge in [-0.15, -0.1) is 0 Å². The lowest BCUT2D eigenvalue weighted by molar-refractivity contribution is -0.0887. The summed E-state index contributed by atoms with van der Waals surface area (Å²) in [5, 5.41) is 3.60. The summed E-state index contributed by atoms with van der Waals surface area (Å²) in [5.41, 5.74) is -0.0162. The largest absolute Gasteiger partial charge is 0.383 e. The van der Waals surface area contributed by atoms with Crippen molar-refractivity contribution >= 4 is 0 Å². The van der Waals surface area contributed by atoms with Crippen molar-refractivity contribution in [1.82, 2.24) is 5.32 Å². The minimum Gasteiger partial charge on any atom is -0.383 e. The molecule has 0 aliphatic heterocycles. The third kappa shape index (κ3) is 3.94. The highest BCUT2D eigenvalue weighted by Gasteiger charge is 2.41. The predicted octanol–water partition coefficient (Wildman–Crippen LogP) is 2.60. The Hall–Kier alpha value is -0.120. The average Bonchev–Trinajstić information content (AvgIpc) is 2.36. The molecule has 3 heteroatoms. The SMILES string of the molecule is CCCNC(COC)C1(OC)CCC(C)CC1. The van der Waals surface area contributed by atoms with Gasteiger partial charge in [0.1, 0.15) is 0 Å². The minimum atomic E-state index is -0.0162. The number of nitrogens with one attached hydrogen (secondary N) is 1. The van der Waals surface area contributed by atoms with Crippen LogP contribution in [0.15, 0.2) is 0 Å². The molecule has 3 nitrogen and oxygen atoms in total. The van der Waals surface area contributed by atoms with Gasteiger partial charge in [-0.2, -0.15) is 0 Å². The quantitative estimate of drug-likeness (QED) is 0.745. The molecule has 1 atom stereocenters. The monoisotopic (exact) mass is 243 g/mol. The van der Waals surface area contributed by atoms with Crippen molar-refractivity contribution in [2.45, 2.75) is 57.6 Å². The van der Waals surface area contributed by atoms with E-state index in [4.69, 9.17) is 9.47 Å². The molecule has 0 bridgehead atoms. The minimum absolute atomic E-state index is 0.0162. The Morgan fingerprint density at radius 1 is 1.29 bits per heavy atom. The van der Waals surface area contributed by atoms with Crippen molar-refractivity contribution in [2.24, 2.45) is 5.92 Å². The fourth-order valence-electron chi connectivity index (χ4n) is 2.83. The number of methoxy groups -OCH3 is 2. The summed E-state index contributed by atoms with van der Waals surface area (Å²) in [5.74, 6) is 0.840. The Labute approximate surface area is 106 Å². The first-order chi connectivity index (χ1) is 8.18. The van der Waals surface area contributed by atoms with E-state index in [9.17, 15) is 0 Å². The first-order valence-corrected chi connectivity index (χ1v) is 6.96. The van der Waals surface area contributed by atoms with E-state index in [1.54, 1.807) is 7.11 Å². The van der Waals surface area contributed by atoms with E-state index in [0.717, 1.165) is 38.3 Å². The summed E-state index contributed by atoms with van der Waals surface area (Å²) >= 11 is 0. The highest BCUT2D eigenvalue weighted by molar-refractivity contribution is 4.96. The molecule has 1 unspecified atom stereocenters. The van der Waals surface area contributed by atoms with Gasteiger partial charge in [0.2, 0.25) is 0 Å². The highest BCUT2D eigenvalue weighted by atomic mass is 16.5. The molecule has 0 spiro atoms. The highest BCUT2D eigenvalue weighted by Crippen LogP contribution is 2.36. The zero-order valence-electron chi connectivity index (χ0n) is 11.9. The lowest BCUT2D eigenvalue weighted by Crippen LogP contribution is -2.56. The van der Waals surface area contributed by atoms with Gasteiger partial charge in [-0.1, -0.05) is 13.8 Å². The van der Waals surface area contributed by atoms with Crippen LogP contribution < -0.4 is 5.32 Å². The van der Waals surface area contributed by atoms with E-state index < -0.39 is 0 Å². The molecule has 1 N–H and O–H groups in total. The van der Waals surface area contributed by atoms with Crippen LogP contribution in [0.2, 0.25) is 0 Å². The zero-order valence-corrected chi connectivity index (χ0v) is 11.9. The molecule has 0 aromatic carbocycles. The van der Waals surface area contributed by atoms with Gasteiger partial charge < -0.3 is 14.8 Å². The van der Waals surface area contributed by atoms with E-state index in [1.807, 2.05) is 7.11 Å². The molecule has 1 fully saturated rings. The second-order valence-electron chi connectivity index (χ2n) is 5.41. The molecule has 1 aliphatic carbocycles. The molecule has 1 saturated carbocycles. The molecule has 1 aliphatic rings. The van der Waals surface area contributed by atoms with Crippen molar-refractivity contribution in [1.29, 1.82) is 0 Å².